The van der Waals surface area contributed by atoms with E-state index in [0.717, 1.165) is 12.8 Å². The SMILES string of the molecule is COCCCCN1CC(C(=O)O)CCC1=O. The molecule has 1 aliphatic rings. The molecular weight excluding hydrogens is 210 g/mol. The Balaban J connectivity index is 2.32. The van der Waals surface area contributed by atoms with Gasteiger partial charge in [0, 0.05) is 33.2 Å². The number of likely N-dealkylation sites (tertiary alicyclic amines) is 1. The maximum atomic E-state index is 11.5. The average Bonchev–Trinajstić information content (AvgIpc) is 2.26. The third-order valence-corrected chi connectivity index (χ3v) is 2.88. The fraction of sp³-hybridized carbons (Fsp3) is 0.818. The van der Waals surface area contributed by atoms with Gasteiger partial charge in [-0.25, -0.2) is 0 Å². The Morgan fingerprint density at radius 1 is 1.56 bits per heavy atom. The summed E-state index contributed by atoms with van der Waals surface area (Å²) in [6.45, 7) is 1.69. The molecule has 1 heterocycles. The summed E-state index contributed by atoms with van der Waals surface area (Å²) < 4.78 is 4.92. The number of methoxy groups -OCH3 is 1. The number of nitrogens with zero attached hydrogens (tertiary/aromatic N) is 1. The molecule has 1 rings (SSSR count). The molecule has 0 radical (unpaired) electrons. The largest absolute Gasteiger partial charge is 0.481 e. The van der Waals surface area contributed by atoms with Crippen LogP contribution in [0.3, 0.4) is 0 Å². The van der Waals surface area contributed by atoms with Crippen molar-refractivity contribution in [2.24, 2.45) is 5.92 Å². The minimum Gasteiger partial charge on any atom is -0.481 e. The summed E-state index contributed by atoms with van der Waals surface area (Å²) in [5.74, 6) is -1.11. The molecule has 1 atom stereocenters. The number of hydrogen-bond acceptors (Lipinski definition) is 3. The topological polar surface area (TPSA) is 66.8 Å². The highest BCUT2D eigenvalue weighted by Gasteiger charge is 2.29. The summed E-state index contributed by atoms with van der Waals surface area (Å²) in [5, 5.41) is 8.89. The van der Waals surface area contributed by atoms with Crippen LogP contribution in [0.1, 0.15) is 25.7 Å². The predicted molar refractivity (Wildman–Crippen MR) is 58.0 cm³/mol. The van der Waals surface area contributed by atoms with Gasteiger partial charge in [0.05, 0.1) is 5.92 Å². The van der Waals surface area contributed by atoms with E-state index >= 15 is 0 Å². The Labute approximate surface area is 95.4 Å². The monoisotopic (exact) mass is 229 g/mol. The highest BCUT2D eigenvalue weighted by Crippen LogP contribution is 2.18. The lowest BCUT2D eigenvalue weighted by molar-refractivity contribution is -0.147. The van der Waals surface area contributed by atoms with Crippen LogP contribution in [0.15, 0.2) is 0 Å². The van der Waals surface area contributed by atoms with Gasteiger partial charge >= 0.3 is 5.97 Å². The smallest absolute Gasteiger partial charge is 0.308 e. The molecule has 1 amide bonds. The zero-order chi connectivity index (χ0) is 12.0. The second kappa shape index (κ2) is 6.48. The molecule has 0 aromatic heterocycles. The molecule has 0 spiro atoms. The maximum Gasteiger partial charge on any atom is 0.308 e. The molecule has 5 nitrogen and oxygen atoms in total. The van der Waals surface area contributed by atoms with Crippen molar-refractivity contribution < 1.29 is 19.4 Å². The van der Waals surface area contributed by atoms with Crippen molar-refractivity contribution in [2.45, 2.75) is 25.7 Å². The number of carboxylic acid groups (broad SMARTS) is 1. The van der Waals surface area contributed by atoms with Crippen LogP contribution >= 0.6 is 0 Å². The van der Waals surface area contributed by atoms with E-state index in [1.807, 2.05) is 0 Å². The highest BCUT2D eigenvalue weighted by molar-refractivity contribution is 5.80. The van der Waals surface area contributed by atoms with Crippen LogP contribution in [0.2, 0.25) is 0 Å². The van der Waals surface area contributed by atoms with E-state index in [-0.39, 0.29) is 11.8 Å². The molecule has 92 valence electrons. The fourth-order valence-electron chi connectivity index (χ4n) is 1.88. The Kier molecular flexibility index (Phi) is 5.25. The quantitative estimate of drug-likeness (QED) is 0.682. The summed E-state index contributed by atoms with van der Waals surface area (Å²) in [7, 11) is 1.65. The van der Waals surface area contributed by atoms with E-state index in [1.165, 1.54) is 0 Å². The number of carboxylic acids is 1. The zero-order valence-corrected chi connectivity index (χ0v) is 9.65. The Bertz CT molecular complexity index is 254. The third kappa shape index (κ3) is 3.81. The van der Waals surface area contributed by atoms with Crippen LogP contribution in [0.5, 0.6) is 0 Å². The minimum atomic E-state index is -0.797. The molecule has 0 aromatic rings. The van der Waals surface area contributed by atoms with Crippen LogP contribution in [-0.2, 0) is 14.3 Å². The lowest BCUT2D eigenvalue weighted by Crippen LogP contribution is -2.43. The van der Waals surface area contributed by atoms with Gasteiger partial charge in [0.25, 0.3) is 0 Å². The van der Waals surface area contributed by atoms with E-state index in [4.69, 9.17) is 9.84 Å². The van der Waals surface area contributed by atoms with Crippen molar-refractivity contribution in [2.75, 3.05) is 26.8 Å². The summed E-state index contributed by atoms with van der Waals surface area (Å²) >= 11 is 0. The van der Waals surface area contributed by atoms with Crippen molar-refractivity contribution in [1.82, 2.24) is 4.90 Å². The molecule has 0 aliphatic carbocycles. The first-order valence-corrected chi connectivity index (χ1v) is 5.64. The zero-order valence-electron chi connectivity index (χ0n) is 9.65. The number of carbonyl (C=O) groups is 2. The van der Waals surface area contributed by atoms with Gasteiger partial charge in [-0.1, -0.05) is 0 Å². The molecule has 0 aromatic carbocycles. The van der Waals surface area contributed by atoms with Gasteiger partial charge in [-0.05, 0) is 19.3 Å². The van der Waals surface area contributed by atoms with Crippen molar-refractivity contribution in [1.29, 1.82) is 0 Å². The standard InChI is InChI=1S/C11H19NO4/c1-16-7-3-2-6-12-8-9(11(14)15)4-5-10(12)13/h9H,2-8H2,1H3,(H,14,15). The molecule has 1 saturated heterocycles. The summed E-state index contributed by atoms with van der Waals surface area (Å²) in [4.78, 5) is 24.0. The first-order chi connectivity index (χ1) is 7.65. The van der Waals surface area contributed by atoms with Crippen LogP contribution < -0.4 is 0 Å². The molecule has 1 N–H and O–H groups in total. The number of rotatable bonds is 6. The highest BCUT2D eigenvalue weighted by atomic mass is 16.5. The van der Waals surface area contributed by atoms with E-state index in [1.54, 1.807) is 12.0 Å². The number of piperidine rings is 1. The first-order valence-electron chi connectivity index (χ1n) is 5.64. The average molecular weight is 229 g/mol. The van der Waals surface area contributed by atoms with Crippen LogP contribution in [0.4, 0.5) is 0 Å². The molecule has 0 saturated carbocycles. The number of unbranched alkanes of at least 4 members (excludes halogenated alkanes) is 1. The fourth-order valence-corrected chi connectivity index (χ4v) is 1.88. The lowest BCUT2D eigenvalue weighted by Gasteiger charge is -2.30. The Morgan fingerprint density at radius 3 is 2.94 bits per heavy atom. The van der Waals surface area contributed by atoms with E-state index < -0.39 is 5.97 Å². The Morgan fingerprint density at radius 2 is 2.31 bits per heavy atom. The van der Waals surface area contributed by atoms with Crippen LogP contribution in [0, 0.1) is 5.92 Å². The number of amides is 1. The molecule has 1 unspecified atom stereocenters. The molecule has 0 bridgehead atoms. The molecular formula is C11H19NO4. The van der Waals surface area contributed by atoms with Gasteiger partial charge in [0.15, 0.2) is 0 Å². The van der Waals surface area contributed by atoms with Gasteiger partial charge in [0.2, 0.25) is 5.91 Å². The second-order valence-electron chi connectivity index (χ2n) is 4.11. The summed E-state index contributed by atoms with van der Waals surface area (Å²) in [6, 6.07) is 0. The van der Waals surface area contributed by atoms with Gasteiger partial charge in [-0.15, -0.1) is 0 Å². The van der Waals surface area contributed by atoms with Gasteiger partial charge in [-0.3, -0.25) is 9.59 Å². The van der Waals surface area contributed by atoms with Crippen molar-refractivity contribution in [3.63, 3.8) is 0 Å². The van der Waals surface area contributed by atoms with Gasteiger partial charge in [0.1, 0.15) is 0 Å². The molecule has 16 heavy (non-hydrogen) atoms. The van der Waals surface area contributed by atoms with Crippen molar-refractivity contribution in [3.8, 4) is 0 Å². The maximum absolute atomic E-state index is 11.5. The predicted octanol–water partition coefficient (Wildman–Crippen LogP) is 0.736. The van der Waals surface area contributed by atoms with E-state index in [9.17, 15) is 9.59 Å². The minimum absolute atomic E-state index is 0.0786. The van der Waals surface area contributed by atoms with Crippen LogP contribution in [-0.4, -0.2) is 48.7 Å². The van der Waals surface area contributed by atoms with E-state index in [0.29, 0.717) is 32.5 Å². The van der Waals surface area contributed by atoms with E-state index in [2.05, 4.69) is 0 Å². The molecule has 5 heteroatoms. The Hall–Kier alpha value is -1.10. The summed E-state index contributed by atoms with van der Waals surface area (Å²) in [5.41, 5.74) is 0. The first kappa shape index (κ1) is 13.0. The number of aliphatic carboxylic acids is 1. The second-order valence-corrected chi connectivity index (χ2v) is 4.11. The summed E-state index contributed by atoms with van der Waals surface area (Å²) in [6.07, 6.45) is 2.61. The van der Waals surface area contributed by atoms with Gasteiger partial charge in [-0.2, -0.15) is 0 Å². The number of hydrogen-bond donors (Lipinski definition) is 1. The lowest BCUT2D eigenvalue weighted by atomic mass is 9.97. The molecule has 1 aliphatic heterocycles. The van der Waals surface area contributed by atoms with Crippen molar-refractivity contribution >= 4 is 11.9 Å². The van der Waals surface area contributed by atoms with Crippen molar-refractivity contribution in [3.05, 3.63) is 0 Å². The third-order valence-electron chi connectivity index (χ3n) is 2.88. The van der Waals surface area contributed by atoms with Crippen LogP contribution in [0.25, 0.3) is 0 Å². The normalized spacial score (nSPS) is 21.2. The number of ether oxygens (including phenoxy) is 1. The van der Waals surface area contributed by atoms with Gasteiger partial charge < -0.3 is 14.7 Å². The number of carbonyl (C=O) groups excluding carboxylic acids is 1. The molecule has 1 fully saturated rings.